The van der Waals surface area contributed by atoms with E-state index in [1.165, 1.54) is 4.90 Å². The first-order chi connectivity index (χ1) is 9.95. The lowest BCUT2D eigenvalue weighted by Gasteiger charge is -2.22. The van der Waals surface area contributed by atoms with Crippen LogP contribution < -0.4 is 5.32 Å². The first-order valence-electron chi connectivity index (χ1n) is 6.75. The van der Waals surface area contributed by atoms with Gasteiger partial charge in [0, 0.05) is 27.2 Å². The molecule has 0 bridgehead atoms. The Hall–Kier alpha value is -2.08. The highest BCUT2D eigenvalue weighted by Gasteiger charge is 2.18. The Morgan fingerprint density at radius 3 is 2.48 bits per heavy atom. The molecule has 1 aromatic carbocycles. The quantitative estimate of drug-likeness (QED) is 0.803. The molecule has 0 heterocycles. The molecule has 0 aromatic heterocycles. The SMILES string of the molecule is COC(CNC(=O)N(C)CC(C)C(=O)O)c1ccccc1. The minimum Gasteiger partial charge on any atom is -0.481 e. The number of methoxy groups -OCH3 is 1. The fourth-order valence-electron chi connectivity index (χ4n) is 1.89. The number of carboxylic acids is 1. The van der Waals surface area contributed by atoms with Crippen LogP contribution in [-0.2, 0) is 9.53 Å². The second-order valence-electron chi connectivity index (χ2n) is 4.94. The van der Waals surface area contributed by atoms with E-state index in [2.05, 4.69) is 5.32 Å². The third-order valence-electron chi connectivity index (χ3n) is 3.21. The molecule has 6 heteroatoms. The van der Waals surface area contributed by atoms with Crippen LogP contribution in [0.2, 0.25) is 0 Å². The second kappa shape index (κ2) is 8.26. The molecule has 0 fully saturated rings. The first kappa shape index (κ1) is 17.0. The van der Waals surface area contributed by atoms with Crippen LogP contribution in [0.5, 0.6) is 0 Å². The van der Waals surface area contributed by atoms with Crippen molar-refractivity contribution in [2.75, 3.05) is 27.2 Å². The number of hydrogen-bond acceptors (Lipinski definition) is 3. The molecule has 0 saturated heterocycles. The molecule has 0 radical (unpaired) electrons. The minimum absolute atomic E-state index is 0.157. The van der Waals surface area contributed by atoms with E-state index in [-0.39, 0.29) is 18.7 Å². The maximum atomic E-state index is 11.9. The molecule has 2 unspecified atom stereocenters. The van der Waals surface area contributed by atoms with Gasteiger partial charge in [0.25, 0.3) is 0 Å². The summed E-state index contributed by atoms with van der Waals surface area (Å²) in [5.74, 6) is -1.53. The molecule has 2 amide bonds. The van der Waals surface area contributed by atoms with Gasteiger partial charge in [-0.1, -0.05) is 37.3 Å². The van der Waals surface area contributed by atoms with Gasteiger partial charge in [-0.15, -0.1) is 0 Å². The van der Waals surface area contributed by atoms with E-state index >= 15 is 0 Å². The normalized spacial score (nSPS) is 13.3. The molecule has 0 spiro atoms. The molecule has 6 nitrogen and oxygen atoms in total. The highest BCUT2D eigenvalue weighted by atomic mass is 16.5. The summed E-state index contributed by atoms with van der Waals surface area (Å²) in [4.78, 5) is 24.1. The summed E-state index contributed by atoms with van der Waals surface area (Å²) in [5, 5.41) is 11.6. The van der Waals surface area contributed by atoms with Crippen molar-refractivity contribution in [3.05, 3.63) is 35.9 Å². The van der Waals surface area contributed by atoms with Gasteiger partial charge in [0.1, 0.15) is 0 Å². The lowest BCUT2D eigenvalue weighted by molar-refractivity contribution is -0.141. The van der Waals surface area contributed by atoms with Crippen LogP contribution in [0.4, 0.5) is 4.79 Å². The third-order valence-corrected chi connectivity index (χ3v) is 3.21. The van der Waals surface area contributed by atoms with E-state index in [1.807, 2.05) is 30.3 Å². The predicted molar refractivity (Wildman–Crippen MR) is 79.0 cm³/mol. The highest BCUT2D eigenvalue weighted by molar-refractivity contribution is 5.75. The summed E-state index contributed by atoms with van der Waals surface area (Å²) in [6.45, 7) is 2.04. The van der Waals surface area contributed by atoms with Crippen LogP contribution in [0.25, 0.3) is 0 Å². The van der Waals surface area contributed by atoms with Gasteiger partial charge in [-0.05, 0) is 5.56 Å². The third kappa shape index (κ3) is 5.43. The van der Waals surface area contributed by atoms with Crippen LogP contribution >= 0.6 is 0 Å². The minimum atomic E-state index is -0.922. The van der Waals surface area contributed by atoms with Gasteiger partial charge in [-0.2, -0.15) is 0 Å². The van der Waals surface area contributed by atoms with Crippen molar-refractivity contribution in [1.82, 2.24) is 10.2 Å². The lowest BCUT2D eigenvalue weighted by atomic mass is 10.1. The number of carbonyl (C=O) groups excluding carboxylic acids is 1. The van der Waals surface area contributed by atoms with Crippen molar-refractivity contribution < 1.29 is 19.4 Å². The van der Waals surface area contributed by atoms with Gasteiger partial charge in [-0.25, -0.2) is 4.79 Å². The fourth-order valence-corrected chi connectivity index (χ4v) is 1.89. The Bertz CT molecular complexity index is 464. The molecule has 2 N–H and O–H groups in total. The number of ether oxygens (including phenoxy) is 1. The van der Waals surface area contributed by atoms with Crippen LogP contribution in [0, 0.1) is 5.92 Å². The molecule has 21 heavy (non-hydrogen) atoms. The number of urea groups is 1. The summed E-state index contributed by atoms with van der Waals surface area (Å²) in [6.07, 6.45) is -0.236. The van der Waals surface area contributed by atoms with Crippen molar-refractivity contribution in [2.24, 2.45) is 5.92 Å². The van der Waals surface area contributed by atoms with E-state index in [4.69, 9.17) is 9.84 Å². The van der Waals surface area contributed by atoms with Crippen molar-refractivity contribution in [1.29, 1.82) is 0 Å². The number of benzene rings is 1. The van der Waals surface area contributed by atoms with Crippen molar-refractivity contribution in [2.45, 2.75) is 13.0 Å². The van der Waals surface area contributed by atoms with Crippen LogP contribution in [0.15, 0.2) is 30.3 Å². The van der Waals surface area contributed by atoms with Gasteiger partial charge < -0.3 is 20.1 Å². The maximum Gasteiger partial charge on any atom is 0.317 e. The molecule has 0 saturated carbocycles. The molecule has 2 atom stereocenters. The molecule has 0 aliphatic carbocycles. The van der Waals surface area contributed by atoms with E-state index in [9.17, 15) is 9.59 Å². The Labute approximate surface area is 124 Å². The number of amides is 2. The first-order valence-corrected chi connectivity index (χ1v) is 6.75. The summed E-state index contributed by atoms with van der Waals surface area (Å²) in [7, 11) is 3.15. The predicted octanol–water partition coefficient (Wildman–Crippen LogP) is 1.74. The zero-order valence-corrected chi connectivity index (χ0v) is 12.6. The molecular formula is C15H22N2O4. The monoisotopic (exact) mass is 294 g/mol. The Morgan fingerprint density at radius 1 is 1.33 bits per heavy atom. The summed E-state index contributed by atoms with van der Waals surface area (Å²) < 4.78 is 5.36. The Morgan fingerprint density at radius 2 is 1.95 bits per heavy atom. The Kier molecular flexibility index (Phi) is 6.68. The maximum absolute atomic E-state index is 11.9. The van der Waals surface area contributed by atoms with Crippen molar-refractivity contribution in [3.8, 4) is 0 Å². The number of nitrogens with one attached hydrogen (secondary N) is 1. The molecule has 1 rings (SSSR count). The van der Waals surface area contributed by atoms with Crippen molar-refractivity contribution >= 4 is 12.0 Å². The van der Waals surface area contributed by atoms with E-state index in [0.29, 0.717) is 6.54 Å². The van der Waals surface area contributed by atoms with Gasteiger partial charge in [0.05, 0.1) is 12.0 Å². The number of nitrogens with zero attached hydrogens (tertiary/aromatic N) is 1. The molecule has 116 valence electrons. The molecule has 0 aliphatic heterocycles. The van der Waals surface area contributed by atoms with Crippen LogP contribution in [-0.4, -0.2) is 49.3 Å². The number of carboxylic acid groups (broad SMARTS) is 1. The van der Waals surface area contributed by atoms with Crippen LogP contribution in [0.3, 0.4) is 0 Å². The summed E-state index contributed by atoms with van der Waals surface area (Å²) in [6, 6.07) is 9.26. The zero-order valence-electron chi connectivity index (χ0n) is 12.6. The molecule has 0 aliphatic rings. The smallest absolute Gasteiger partial charge is 0.317 e. The lowest BCUT2D eigenvalue weighted by Crippen LogP contribution is -2.42. The average Bonchev–Trinajstić information content (AvgIpc) is 2.48. The van der Waals surface area contributed by atoms with Gasteiger partial charge in [-0.3, -0.25) is 4.79 Å². The standard InChI is InChI=1S/C15H22N2O4/c1-11(14(18)19)10-17(2)15(20)16-9-13(21-3)12-7-5-4-6-8-12/h4-8,11,13H,9-10H2,1-3H3,(H,16,20)(H,18,19). The molecular weight excluding hydrogens is 272 g/mol. The van der Waals surface area contributed by atoms with Crippen LogP contribution in [0.1, 0.15) is 18.6 Å². The number of aliphatic carboxylic acids is 1. The van der Waals surface area contributed by atoms with E-state index in [1.54, 1.807) is 21.1 Å². The van der Waals surface area contributed by atoms with E-state index in [0.717, 1.165) is 5.56 Å². The van der Waals surface area contributed by atoms with Gasteiger partial charge in [0.2, 0.25) is 0 Å². The highest BCUT2D eigenvalue weighted by Crippen LogP contribution is 2.14. The van der Waals surface area contributed by atoms with Crippen molar-refractivity contribution in [3.63, 3.8) is 0 Å². The zero-order chi connectivity index (χ0) is 15.8. The average molecular weight is 294 g/mol. The van der Waals surface area contributed by atoms with Gasteiger partial charge >= 0.3 is 12.0 Å². The largest absolute Gasteiger partial charge is 0.481 e. The van der Waals surface area contributed by atoms with Gasteiger partial charge in [0.15, 0.2) is 0 Å². The fraction of sp³-hybridized carbons (Fsp3) is 0.467. The molecule has 1 aromatic rings. The second-order valence-corrected chi connectivity index (χ2v) is 4.94. The summed E-state index contributed by atoms with van der Waals surface area (Å²) >= 11 is 0. The topological polar surface area (TPSA) is 78.9 Å². The van der Waals surface area contributed by atoms with E-state index < -0.39 is 11.9 Å². The summed E-state index contributed by atoms with van der Waals surface area (Å²) in [5.41, 5.74) is 0.974. The number of rotatable bonds is 7. The number of hydrogen-bond donors (Lipinski definition) is 2. The Balaban J connectivity index is 2.49. The number of carbonyl (C=O) groups is 2.